The predicted molar refractivity (Wildman–Crippen MR) is 116 cm³/mol. The van der Waals surface area contributed by atoms with Gasteiger partial charge in [-0.1, -0.05) is 30.3 Å². The highest BCUT2D eigenvalue weighted by atomic mass is 16.4. The van der Waals surface area contributed by atoms with Gasteiger partial charge >= 0.3 is 5.97 Å². The lowest BCUT2D eigenvalue weighted by Gasteiger charge is -2.26. The Labute approximate surface area is 170 Å². The highest BCUT2D eigenvalue weighted by Crippen LogP contribution is 2.32. The van der Waals surface area contributed by atoms with E-state index in [-0.39, 0.29) is 5.84 Å². The van der Waals surface area contributed by atoms with Crippen LogP contribution in [0.2, 0.25) is 0 Å². The number of nitrogens with two attached hydrogens (primary N) is 1. The number of rotatable bonds is 6. The molecule has 0 radical (unpaired) electrons. The molecule has 4 rings (SSSR count). The average Bonchev–Trinajstić information content (AvgIpc) is 3.33. The fourth-order valence-corrected chi connectivity index (χ4v) is 4.40. The lowest BCUT2D eigenvalue weighted by Crippen LogP contribution is -2.36. The van der Waals surface area contributed by atoms with E-state index in [0.717, 1.165) is 53.6 Å². The SMILES string of the molecule is CCn1cc(Cc2ccccc2N2CCCC2C(=O)O)c2ccc(C(=N)N)cc21. The van der Waals surface area contributed by atoms with Crippen molar-refractivity contribution in [2.45, 2.75) is 38.8 Å². The van der Waals surface area contributed by atoms with Gasteiger partial charge in [0.05, 0.1) is 0 Å². The lowest BCUT2D eigenvalue weighted by molar-refractivity contribution is -0.138. The maximum Gasteiger partial charge on any atom is 0.326 e. The molecule has 0 bridgehead atoms. The number of amidine groups is 1. The van der Waals surface area contributed by atoms with E-state index < -0.39 is 12.0 Å². The van der Waals surface area contributed by atoms with E-state index in [1.807, 2.05) is 41.3 Å². The second kappa shape index (κ2) is 7.62. The molecule has 29 heavy (non-hydrogen) atoms. The second-order valence-corrected chi connectivity index (χ2v) is 7.58. The molecule has 1 aromatic heterocycles. The van der Waals surface area contributed by atoms with E-state index in [2.05, 4.69) is 23.8 Å². The number of nitrogens with zero attached hydrogens (tertiary/aromatic N) is 2. The molecule has 4 N–H and O–H groups in total. The Bertz CT molecular complexity index is 1090. The van der Waals surface area contributed by atoms with Crippen LogP contribution in [-0.4, -0.2) is 34.1 Å². The third-order valence-electron chi connectivity index (χ3n) is 5.84. The van der Waals surface area contributed by atoms with E-state index in [0.29, 0.717) is 6.42 Å². The fourth-order valence-electron chi connectivity index (χ4n) is 4.40. The number of carboxylic acid groups (broad SMARTS) is 1. The predicted octanol–water partition coefficient (Wildman–Crippen LogP) is 3.59. The maximum atomic E-state index is 11.7. The van der Waals surface area contributed by atoms with Crippen molar-refractivity contribution in [3.8, 4) is 0 Å². The van der Waals surface area contributed by atoms with Crippen molar-refractivity contribution < 1.29 is 9.90 Å². The van der Waals surface area contributed by atoms with Gasteiger partial charge in [0.2, 0.25) is 0 Å². The van der Waals surface area contributed by atoms with Crippen LogP contribution in [0.3, 0.4) is 0 Å². The standard InChI is InChI=1S/C23H26N4O2/c1-2-26-14-17(18-10-9-16(22(24)25)13-21(18)26)12-15-6-3-4-7-19(15)27-11-5-8-20(27)23(28)29/h3-4,6-7,9-10,13-14,20H,2,5,8,11-12H2,1H3,(H3,24,25)(H,28,29). The van der Waals surface area contributed by atoms with Gasteiger partial charge in [0.25, 0.3) is 0 Å². The quantitative estimate of drug-likeness (QED) is 0.443. The number of fused-ring (bicyclic) bond motifs is 1. The van der Waals surface area contributed by atoms with Gasteiger partial charge in [-0.15, -0.1) is 0 Å². The summed E-state index contributed by atoms with van der Waals surface area (Å²) in [5.41, 5.74) is 10.8. The lowest BCUT2D eigenvalue weighted by atomic mass is 10.0. The van der Waals surface area contributed by atoms with Gasteiger partial charge in [-0.2, -0.15) is 0 Å². The number of hydrogen-bond donors (Lipinski definition) is 3. The molecule has 3 aromatic rings. The molecular weight excluding hydrogens is 364 g/mol. The van der Waals surface area contributed by atoms with Crippen LogP contribution >= 0.6 is 0 Å². The number of aromatic nitrogens is 1. The smallest absolute Gasteiger partial charge is 0.326 e. The normalized spacial score (nSPS) is 16.4. The largest absolute Gasteiger partial charge is 0.480 e. The molecule has 1 saturated heterocycles. The van der Waals surface area contributed by atoms with Crippen molar-refractivity contribution in [3.63, 3.8) is 0 Å². The van der Waals surface area contributed by atoms with Crippen LogP contribution in [0.4, 0.5) is 5.69 Å². The first-order valence-corrected chi connectivity index (χ1v) is 10.0. The zero-order chi connectivity index (χ0) is 20.5. The van der Waals surface area contributed by atoms with E-state index >= 15 is 0 Å². The fraction of sp³-hybridized carbons (Fsp3) is 0.304. The zero-order valence-electron chi connectivity index (χ0n) is 16.6. The average molecular weight is 390 g/mol. The number of carbonyl (C=O) groups is 1. The molecule has 0 aliphatic carbocycles. The van der Waals surface area contributed by atoms with Crippen LogP contribution in [0.15, 0.2) is 48.7 Å². The number of benzene rings is 2. The molecule has 1 aliphatic rings. The van der Waals surface area contributed by atoms with E-state index in [1.54, 1.807) is 0 Å². The van der Waals surface area contributed by atoms with Crippen LogP contribution in [0.1, 0.15) is 36.5 Å². The van der Waals surface area contributed by atoms with E-state index in [4.69, 9.17) is 11.1 Å². The Morgan fingerprint density at radius 3 is 2.76 bits per heavy atom. The Kier molecular flexibility index (Phi) is 5.01. The summed E-state index contributed by atoms with van der Waals surface area (Å²) in [6.45, 7) is 3.69. The monoisotopic (exact) mass is 390 g/mol. The Morgan fingerprint density at radius 1 is 1.24 bits per heavy atom. The summed E-state index contributed by atoms with van der Waals surface area (Å²) in [7, 11) is 0. The van der Waals surface area contributed by atoms with Crippen molar-refractivity contribution >= 4 is 28.4 Å². The van der Waals surface area contributed by atoms with Gasteiger partial charge in [0.1, 0.15) is 11.9 Å². The van der Waals surface area contributed by atoms with Gasteiger partial charge in [-0.05, 0) is 43.0 Å². The maximum absolute atomic E-state index is 11.7. The minimum atomic E-state index is -0.753. The number of nitrogens with one attached hydrogen (secondary N) is 1. The Hall–Kier alpha value is -3.28. The van der Waals surface area contributed by atoms with Crippen LogP contribution in [0.5, 0.6) is 0 Å². The van der Waals surface area contributed by atoms with Crippen LogP contribution in [0, 0.1) is 5.41 Å². The molecule has 0 saturated carbocycles. The van der Waals surface area contributed by atoms with Gasteiger partial charge in [0, 0.05) is 47.9 Å². The summed E-state index contributed by atoms with van der Waals surface area (Å²) in [5, 5.41) is 18.5. The minimum absolute atomic E-state index is 0.0661. The van der Waals surface area contributed by atoms with Crippen molar-refractivity contribution in [2.24, 2.45) is 5.73 Å². The van der Waals surface area contributed by atoms with Crippen LogP contribution in [-0.2, 0) is 17.8 Å². The Balaban J connectivity index is 1.75. The summed E-state index contributed by atoms with van der Waals surface area (Å²) in [6, 6.07) is 13.5. The molecule has 2 heterocycles. The molecule has 6 heteroatoms. The van der Waals surface area contributed by atoms with Crippen molar-refractivity contribution in [3.05, 3.63) is 65.4 Å². The van der Waals surface area contributed by atoms with Crippen LogP contribution in [0.25, 0.3) is 10.9 Å². The number of anilines is 1. The summed E-state index contributed by atoms with van der Waals surface area (Å²) >= 11 is 0. The van der Waals surface area contributed by atoms with Crippen molar-refractivity contribution in [2.75, 3.05) is 11.4 Å². The molecule has 2 aromatic carbocycles. The molecule has 1 atom stereocenters. The highest BCUT2D eigenvalue weighted by molar-refractivity contribution is 5.99. The highest BCUT2D eigenvalue weighted by Gasteiger charge is 2.31. The first kappa shape index (κ1) is 19.1. The third-order valence-corrected chi connectivity index (χ3v) is 5.84. The molecule has 0 spiro atoms. The number of hydrogen-bond acceptors (Lipinski definition) is 3. The van der Waals surface area contributed by atoms with Gasteiger partial charge in [-0.3, -0.25) is 5.41 Å². The van der Waals surface area contributed by atoms with Crippen molar-refractivity contribution in [1.29, 1.82) is 5.41 Å². The second-order valence-electron chi connectivity index (χ2n) is 7.58. The molecule has 1 fully saturated rings. The molecule has 1 unspecified atom stereocenters. The number of nitrogen functional groups attached to an aromatic ring is 1. The number of carboxylic acids is 1. The molecule has 1 aliphatic heterocycles. The van der Waals surface area contributed by atoms with Gasteiger partial charge in [-0.25, -0.2) is 4.79 Å². The summed E-state index contributed by atoms with van der Waals surface area (Å²) in [5.74, 6) is -0.687. The van der Waals surface area contributed by atoms with Gasteiger partial charge < -0.3 is 20.3 Å². The van der Waals surface area contributed by atoms with E-state index in [9.17, 15) is 9.90 Å². The zero-order valence-corrected chi connectivity index (χ0v) is 16.6. The first-order chi connectivity index (χ1) is 14.0. The van der Waals surface area contributed by atoms with Gasteiger partial charge in [0.15, 0.2) is 0 Å². The molecule has 150 valence electrons. The molecule has 6 nitrogen and oxygen atoms in total. The Morgan fingerprint density at radius 2 is 2.03 bits per heavy atom. The third kappa shape index (κ3) is 3.46. The number of para-hydroxylation sites is 1. The van der Waals surface area contributed by atoms with Crippen LogP contribution < -0.4 is 10.6 Å². The number of aryl methyl sites for hydroxylation is 1. The number of aliphatic carboxylic acids is 1. The van der Waals surface area contributed by atoms with Crippen molar-refractivity contribution in [1.82, 2.24) is 4.57 Å². The summed E-state index contributed by atoms with van der Waals surface area (Å²) < 4.78 is 2.18. The minimum Gasteiger partial charge on any atom is -0.480 e. The molecular formula is C23H26N4O2. The summed E-state index contributed by atoms with van der Waals surface area (Å²) in [4.78, 5) is 13.7. The molecule has 0 amide bonds. The van der Waals surface area contributed by atoms with E-state index in [1.165, 1.54) is 5.56 Å². The summed E-state index contributed by atoms with van der Waals surface area (Å²) in [6.07, 6.45) is 4.47. The first-order valence-electron chi connectivity index (χ1n) is 10.0. The topological polar surface area (TPSA) is 95.3 Å².